The van der Waals surface area contributed by atoms with Crippen molar-refractivity contribution in [2.45, 2.75) is 71.1 Å². The van der Waals surface area contributed by atoms with Crippen molar-refractivity contribution >= 4 is 5.97 Å². The van der Waals surface area contributed by atoms with Gasteiger partial charge in [-0.25, -0.2) is 0 Å². The van der Waals surface area contributed by atoms with Crippen molar-refractivity contribution < 1.29 is 9.90 Å². The maximum absolute atomic E-state index is 10.0. The molecule has 2 heteroatoms. The van der Waals surface area contributed by atoms with E-state index in [2.05, 4.69) is 19.1 Å². The summed E-state index contributed by atoms with van der Waals surface area (Å²) in [5.74, 6) is -0.670. The first-order chi connectivity index (χ1) is 7.77. The maximum atomic E-state index is 10.0. The second kappa shape index (κ2) is 12.3. The van der Waals surface area contributed by atoms with E-state index in [0.717, 1.165) is 12.8 Å². The van der Waals surface area contributed by atoms with E-state index in [4.69, 9.17) is 5.11 Å². The number of hydrogen-bond acceptors (Lipinski definition) is 1. The van der Waals surface area contributed by atoms with Gasteiger partial charge in [-0.3, -0.25) is 4.79 Å². The fourth-order valence-electron chi connectivity index (χ4n) is 1.64. The van der Waals surface area contributed by atoms with Crippen LogP contribution in [0.4, 0.5) is 0 Å². The zero-order chi connectivity index (χ0) is 12.1. The third-order valence-corrected chi connectivity index (χ3v) is 2.65. The van der Waals surface area contributed by atoms with Gasteiger partial charge in [0.25, 0.3) is 0 Å². The van der Waals surface area contributed by atoms with Gasteiger partial charge in [0.1, 0.15) is 0 Å². The lowest BCUT2D eigenvalue weighted by Gasteiger charge is -1.97. The molecule has 0 fully saturated rings. The van der Waals surface area contributed by atoms with Crippen LogP contribution in [-0.2, 0) is 4.79 Å². The van der Waals surface area contributed by atoms with E-state index < -0.39 is 5.97 Å². The molecule has 0 aromatic rings. The van der Waals surface area contributed by atoms with Gasteiger partial charge in [0.2, 0.25) is 0 Å². The van der Waals surface area contributed by atoms with Crippen molar-refractivity contribution in [3.63, 3.8) is 0 Å². The summed E-state index contributed by atoms with van der Waals surface area (Å²) in [6, 6.07) is 0. The molecule has 0 radical (unpaired) electrons. The second-order valence-corrected chi connectivity index (χ2v) is 4.31. The van der Waals surface area contributed by atoms with Crippen LogP contribution in [0.25, 0.3) is 0 Å². The number of carboxylic acid groups (broad SMARTS) is 1. The molecule has 0 unspecified atom stereocenters. The first kappa shape index (κ1) is 15.2. The van der Waals surface area contributed by atoms with Crippen molar-refractivity contribution in [1.29, 1.82) is 0 Å². The predicted molar refractivity (Wildman–Crippen MR) is 68.6 cm³/mol. The van der Waals surface area contributed by atoms with E-state index in [1.807, 2.05) is 0 Å². The molecule has 1 N–H and O–H groups in total. The Kier molecular flexibility index (Phi) is 11.7. The molecule has 0 amide bonds. The van der Waals surface area contributed by atoms with E-state index in [0.29, 0.717) is 6.42 Å². The Labute approximate surface area is 99.7 Å². The molecule has 1 rings (SSSR count). The summed E-state index contributed by atoms with van der Waals surface area (Å²) in [6.45, 7) is 2.15. The Hall–Kier alpha value is -0.790. The van der Waals surface area contributed by atoms with E-state index >= 15 is 0 Å². The zero-order valence-corrected chi connectivity index (χ0v) is 10.6. The third-order valence-electron chi connectivity index (χ3n) is 2.65. The number of aliphatic carboxylic acids is 1. The number of carboxylic acids is 1. The molecular weight excluding hydrogens is 200 g/mol. The molecule has 0 saturated carbocycles. The minimum absolute atomic E-state index is 0.337. The standard InChI is InChI=1S/C8H16O2.C6H10/c1-2-3-4-5-6-7-8(9)10;1-2-4-6-5-3-1/h2-7H2,1H3,(H,9,10);1-2H,3-6H2. The summed E-state index contributed by atoms with van der Waals surface area (Å²) >= 11 is 0. The van der Waals surface area contributed by atoms with Gasteiger partial charge in [0.15, 0.2) is 0 Å². The SMILES string of the molecule is C1=CCCCC1.CCCCCCCC(=O)O. The lowest BCUT2D eigenvalue weighted by molar-refractivity contribution is -0.137. The minimum atomic E-state index is -0.670. The number of hydrogen-bond donors (Lipinski definition) is 1. The van der Waals surface area contributed by atoms with Gasteiger partial charge in [-0.05, 0) is 32.1 Å². The summed E-state index contributed by atoms with van der Waals surface area (Å²) in [5.41, 5.74) is 0. The maximum Gasteiger partial charge on any atom is 0.303 e. The first-order valence-corrected chi connectivity index (χ1v) is 6.64. The van der Waals surface area contributed by atoms with Crippen LogP contribution in [0.1, 0.15) is 71.1 Å². The summed E-state index contributed by atoms with van der Waals surface area (Å²) in [7, 11) is 0. The summed E-state index contributed by atoms with van der Waals surface area (Å²) in [4.78, 5) is 10.0. The number of allylic oxidation sites excluding steroid dienone is 2. The molecule has 0 heterocycles. The van der Waals surface area contributed by atoms with Crippen LogP contribution < -0.4 is 0 Å². The molecule has 94 valence electrons. The van der Waals surface area contributed by atoms with Crippen LogP contribution in [0.2, 0.25) is 0 Å². The fraction of sp³-hybridized carbons (Fsp3) is 0.786. The summed E-state index contributed by atoms with van der Waals surface area (Å²) < 4.78 is 0. The van der Waals surface area contributed by atoms with Gasteiger partial charge in [0, 0.05) is 6.42 Å². The van der Waals surface area contributed by atoms with E-state index in [1.165, 1.54) is 44.9 Å². The highest BCUT2D eigenvalue weighted by Crippen LogP contribution is 2.07. The highest BCUT2D eigenvalue weighted by atomic mass is 16.4. The molecule has 0 atom stereocenters. The van der Waals surface area contributed by atoms with Crippen molar-refractivity contribution in [2.24, 2.45) is 0 Å². The molecule has 0 spiro atoms. The first-order valence-electron chi connectivity index (χ1n) is 6.64. The summed E-state index contributed by atoms with van der Waals surface area (Å²) in [6.07, 6.45) is 15.9. The number of rotatable bonds is 6. The third kappa shape index (κ3) is 13.2. The van der Waals surface area contributed by atoms with Crippen molar-refractivity contribution in [2.75, 3.05) is 0 Å². The minimum Gasteiger partial charge on any atom is -0.481 e. The quantitative estimate of drug-likeness (QED) is 0.533. The number of unbranched alkanes of at least 4 members (excludes halogenated alkanes) is 4. The van der Waals surface area contributed by atoms with Crippen molar-refractivity contribution in [1.82, 2.24) is 0 Å². The lowest BCUT2D eigenvalue weighted by atomic mass is 10.1. The average molecular weight is 226 g/mol. The van der Waals surface area contributed by atoms with Gasteiger partial charge in [-0.15, -0.1) is 0 Å². The molecule has 0 aliphatic heterocycles. The van der Waals surface area contributed by atoms with Gasteiger partial charge in [-0.1, -0.05) is 44.8 Å². The fourth-order valence-corrected chi connectivity index (χ4v) is 1.64. The van der Waals surface area contributed by atoms with Crippen LogP contribution in [0.3, 0.4) is 0 Å². The van der Waals surface area contributed by atoms with Crippen molar-refractivity contribution in [3.8, 4) is 0 Å². The summed E-state index contributed by atoms with van der Waals surface area (Å²) in [5, 5.41) is 8.27. The topological polar surface area (TPSA) is 37.3 Å². The van der Waals surface area contributed by atoms with Crippen LogP contribution in [0, 0.1) is 0 Å². The Morgan fingerprint density at radius 2 is 1.62 bits per heavy atom. The Morgan fingerprint density at radius 1 is 1.06 bits per heavy atom. The van der Waals surface area contributed by atoms with Gasteiger partial charge in [0.05, 0.1) is 0 Å². The predicted octanol–water partition coefficient (Wildman–Crippen LogP) is 4.55. The van der Waals surface area contributed by atoms with Crippen LogP contribution in [0.15, 0.2) is 12.2 Å². The second-order valence-electron chi connectivity index (χ2n) is 4.31. The highest BCUT2D eigenvalue weighted by Gasteiger charge is 1.94. The lowest BCUT2D eigenvalue weighted by Crippen LogP contribution is -1.93. The molecule has 0 bridgehead atoms. The van der Waals surface area contributed by atoms with Crippen molar-refractivity contribution in [3.05, 3.63) is 12.2 Å². The van der Waals surface area contributed by atoms with Crippen LogP contribution in [0.5, 0.6) is 0 Å². The average Bonchev–Trinajstić information content (AvgIpc) is 2.31. The molecule has 0 saturated heterocycles. The Morgan fingerprint density at radius 3 is 2.00 bits per heavy atom. The normalized spacial score (nSPS) is 14.1. The van der Waals surface area contributed by atoms with Gasteiger partial charge in [-0.2, -0.15) is 0 Å². The molecule has 0 aromatic carbocycles. The zero-order valence-electron chi connectivity index (χ0n) is 10.6. The van der Waals surface area contributed by atoms with Crippen LogP contribution >= 0.6 is 0 Å². The molecule has 16 heavy (non-hydrogen) atoms. The Bertz CT molecular complexity index is 177. The molecule has 1 aliphatic carbocycles. The van der Waals surface area contributed by atoms with Gasteiger partial charge < -0.3 is 5.11 Å². The molecule has 0 aromatic heterocycles. The molecule has 1 aliphatic rings. The van der Waals surface area contributed by atoms with E-state index in [1.54, 1.807) is 0 Å². The largest absolute Gasteiger partial charge is 0.481 e. The monoisotopic (exact) mass is 226 g/mol. The highest BCUT2D eigenvalue weighted by molar-refractivity contribution is 5.66. The number of carbonyl (C=O) groups is 1. The van der Waals surface area contributed by atoms with Crippen LogP contribution in [-0.4, -0.2) is 11.1 Å². The molecule has 2 nitrogen and oxygen atoms in total. The van der Waals surface area contributed by atoms with Gasteiger partial charge >= 0.3 is 5.97 Å². The molecular formula is C14H26O2. The van der Waals surface area contributed by atoms with E-state index in [9.17, 15) is 4.79 Å². The van der Waals surface area contributed by atoms with E-state index in [-0.39, 0.29) is 0 Å². The Balaban J connectivity index is 0.000000315. The smallest absolute Gasteiger partial charge is 0.303 e.